The Labute approximate surface area is 98.6 Å². The summed E-state index contributed by atoms with van der Waals surface area (Å²) >= 11 is 0. The molecule has 0 radical (unpaired) electrons. The van der Waals surface area contributed by atoms with Crippen molar-refractivity contribution in [3.8, 4) is 0 Å². The van der Waals surface area contributed by atoms with Gasteiger partial charge in [0.2, 0.25) is 5.91 Å². The van der Waals surface area contributed by atoms with Crippen LogP contribution < -0.4 is 5.32 Å². The highest BCUT2D eigenvalue weighted by atomic mass is 16.2. The van der Waals surface area contributed by atoms with Gasteiger partial charge in [0.1, 0.15) is 0 Å². The van der Waals surface area contributed by atoms with Gasteiger partial charge in [-0.1, -0.05) is 13.3 Å². The normalized spacial score (nSPS) is 32.0. The molecule has 16 heavy (non-hydrogen) atoms. The number of amides is 1. The second-order valence-electron chi connectivity index (χ2n) is 5.51. The number of hydrogen-bond donors (Lipinski definition) is 1. The zero-order chi connectivity index (χ0) is 11.6. The number of hydrogen-bond acceptors (Lipinski definition) is 2. The molecule has 0 saturated carbocycles. The van der Waals surface area contributed by atoms with E-state index in [1.54, 1.807) is 0 Å². The van der Waals surface area contributed by atoms with Gasteiger partial charge >= 0.3 is 0 Å². The van der Waals surface area contributed by atoms with Gasteiger partial charge in [0, 0.05) is 13.1 Å². The zero-order valence-electron chi connectivity index (χ0n) is 10.6. The predicted molar refractivity (Wildman–Crippen MR) is 65.2 cm³/mol. The fourth-order valence-electron chi connectivity index (χ4n) is 2.97. The van der Waals surface area contributed by atoms with E-state index in [9.17, 15) is 4.79 Å². The van der Waals surface area contributed by atoms with E-state index in [-0.39, 0.29) is 5.54 Å². The van der Waals surface area contributed by atoms with Crippen LogP contribution in [0.4, 0.5) is 0 Å². The van der Waals surface area contributed by atoms with Gasteiger partial charge in [0.05, 0.1) is 5.54 Å². The Hall–Kier alpha value is -0.570. The molecule has 2 aliphatic heterocycles. The van der Waals surface area contributed by atoms with Gasteiger partial charge in [-0.25, -0.2) is 0 Å². The summed E-state index contributed by atoms with van der Waals surface area (Å²) < 4.78 is 0. The molecule has 92 valence electrons. The van der Waals surface area contributed by atoms with Crippen molar-refractivity contribution in [2.45, 2.75) is 51.5 Å². The Balaban J connectivity index is 1.91. The fraction of sp³-hybridized carbons (Fsp3) is 0.923. The number of piperidine rings is 1. The molecule has 2 saturated heterocycles. The smallest absolute Gasteiger partial charge is 0.242 e. The Morgan fingerprint density at radius 1 is 1.44 bits per heavy atom. The van der Waals surface area contributed by atoms with E-state index in [0.29, 0.717) is 5.91 Å². The summed E-state index contributed by atoms with van der Waals surface area (Å²) in [4.78, 5) is 14.5. The summed E-state index contributed by atoms with van der Waals surface area (Å²) in [5.74, 6) is 1.17. The van der Waals surface area contributed by atoms with E-state index < -0.39 is 0 Å². The van der Waals surface area contributed by atoms with Crippen LogP contribution in [0.15, 0.2) is 0 Å². The summed E-state index contributed by atoms with van der Waals surface area (Å²) in [6.07, 6.45) is 5.78. The Morgan fingerprint density at radius 2 is 2.12 bits per heavy atom. The minimum atomic E-state index is -0.265. The molecule has 3 nitrogen and oxygen atoms in total. The van der Waals surface area contributed by atoms with Crippen molar-refractivity contribution >= 4 is 5.91 Å². The van der Waals surface area contributed by atoms with Crippen LogP contribution in [0.5, 0.6) is 0 Å². The van der Waals surface area contributed by atoms with Crippen LogP contribution in [0.3, 0.4) is 0 Å². The molecule has 3 heteroatoms. The van der Waals surface area contributed by atoms with Gasteiger partial charge in [-0.3, -0.25) is 4.79 Å². The molecule has 1 atom stereocenters. The topological polar surface area (TPSA) is 32.3 Å². The minimum Gasteiger partial charge on any atom is -0.341 e. The average molecular weight is 224 g/mol. The van der Waals surface area contributed by atoms with Gasteiger partial charge in [-0.2, -0.15) is 0 Å². The van der Waals surface area contributed by atoms with E-state index >= 15 is 0 Å². The van der Waals surface area contributed by atoms with Crippen molar-refractivity contribution in [3.05, 3.63) is 0 Å². The zero-order valence-corrected chi connectivity index (χ0v) is 10.6. The van der Waals surface area contributed by atoms with Crippen molar-refractivity contribution in [2.75, 3.05) is 19.6 Å². The van der Waals surface area contributed by atoms with Crippen LogP contribution in [0.2, 0.25) is 0 Å². The molecule has 2 rings (SSSR count). The van der Waals surface area contributed by atoms with E-state index in [2.05, 4.69) is 24.1 Å². The second kappa shape index (κ2) is 4.74. The molecule has 2 fully saturated rings. The van der Waals surface area contributed by atoms with Crippen LogP contribution in [-0.4, -0.2) is 36.0 Å². The van der Waals surface area contributed by atoms with Crippen LogP contribution in [-0.2, 0) is 4.79 Å². The van der Waals surface area contributed by atoms with Gasteiger partial charge < -0.3 is 10.2 Å². The van der Waals surface area contributed by atoms with E-state index in [1.165, 1.54) is 19.3 Å². The molecule has 1 amide bonds. The highest BCUT2D eigenvalue weighted by Crippen LogP contribution is 2.25. The van der Waals surface area contributed by atoms with E-state index in [4.69, 9.17) is 0 Å². The summed E-state index contributed by atoms with van der Waals surface area (Å²) in [5, 5.41) is 3.36. The maximum absolute atomic E-state index is 12.4. The second-order valence-corrected chi connectivity index (χ2v) is 5.51. The molecule has 2 heterocycles. The summed E-state index contributed by atoms with van der Waals surface area (Å²) in [5.41, 5.74) is -0.265. The van der Waals surface area contributed by atoms with Crippen LogP contribution in [0.25, 0.3) is 0 Å². The van der Waals surface area contributed by atoms with Crippen molar-refractivity contribution in [1.29, 1.82) is 0 Å². The Kier molecular flexibility index (Phi) is 3.53. The molecular weight excluding hydrogens is 200 g/mol. The highest BCUT2D eigenvalue weighted by molar-refractivity contribution is 5.86. The first-order valence-corrected chi connectivity index (χ1v) is 6.70. The Morgan fingerprint density at radius 3 is 2.62 bits per heavy atom. The van der Waals surface area contributed by atoms with Crippen LogP contribution in [0.1, 0.15) is 46.0 Å². The van der Waals surface area contributed by atoms with Gasteiger partial charge in [0.15, 0.2) is 0 Å². The molecule has 2 aliphatic rings. The maximum Gasteiger partial charge on any atom is 0.242 e. The van der Waals surface area contributed by atoms with Crippen LogP contribution >= 0.6 is 0 Å². The third kappa shape index (κ3) is 2.24. The third-order valence-corrected chi connectivity index (χ3v) is 4.32. The first-order valence-electron chi connectivity index (χ1n) is 6.70. The number of nitrogens with zero attached hydrogens (tertiary/aromatic N) is 1. The van der Waals surface area contributed by atoms with E-state index in [0.717, 1.165) is 38.4 Å². The predicted octanol–water partition coefficient (Wildman–Crippen LogP) is 1.78. The lowest BCUT2D eigenvalue weighted by Gasteiger charge is -2.36. The molecule has 0 aromatic carbocycles. The summed E-state index contributed by atoms with van der Waals surface area (Å²) in [6.45, 7) is 7.24. The number of rotatable bonds is 2. The summed E-state index contributed by atoms with van der Waals surface area (Å²) in [7, 11) is 0. The van der Waals surface area contributed by atoms with Crippen molar-refractivity contribution in [1.82, 2.24) is 10.2 Å². The van der Waals surface area contributed by atoms with Crippen molar-refractivity contribution in [3.63, 3.8) is 0 Å². The monoisotopic (exact) mass is 224 g/mol. The first-order chi connectivity index (χ1) is 7.65. The van der Waals surface area contributed by atoms with Crippen molar-refractivity contribution < 1.29 is 4.79 Å². The van der Waals surface area contributed by atoms with E-state index in [1.807, 2.05) is 0 Å². The number of likely N-dealkylation sites (tertiary alicyclic amines) is 1. The molecule has 1 N–H and O–H groups in total. The lowest BCUT2D eigenvalue weighted by Crippen LogP contribution is -2.54. The molecule has 0 aromatic heterocycles. The summed E-state index contributed by atoms with van der Waals surface area (Å²) in [6, 6.07) is 0. The molecule has 0 spiro atoms. The van der Waals surface area contributed by atoms with Gasteiger partial charge in [-0.15, -0.1) is 0 Å². The van der Waals surface area contributed by atoms with Crippen LogP contribution in [0, 0.1) is 5.92 Å². The largest absolute Gasteiger partial charge is 0.341 e. The lowest BCUT2D eigenvalue weighted by molar-refractivity contribution is -0.138. The van der Waals surface area contributed by atoms with Gasteiger partial charge in [0.25, 0.3) is 0 Å². The molecule has 1 unspecified atom stereocenters. The molecule has 0 aliphatic carbocycles. The van der Waals surface area contributed by atoms with Gasteiger partial charge in [-0.05, 0) is 45.1 Å². The molecular formula is C13H24N2O. The standard InChI is InChI=1S/C13H24N2O/c1-3-11-5-9-15(10-6-11)12(16)13(2)7-4-8-14-13/h11,14H,3-10H2,1-2H3. The number of carbonyl (C=O) groups excluding carboxylic acids is 1. The SMILES string of the molecule is CCC1CCN(C(=O)C2(C)CCCN2)CC1. The Bertz CT molecular complexity index is 251. The lowest BCUT2D eigenvalue weighted by atomic mass is 9.92. The number of carbonyl (C=O) groups is 1. The highest BCUT2D eigenvalue weighted by Gasteiger charge is 2.39. The third-order valence-electron chi connectivity index (χ3n) is 4.32. The van der Waals surface area contributed by atoms with Crippen molar-refractivity contribution in [2.24, 2.45) is 5.92 Å². The minimum absolute atomic E-state index is 0.265. The first kappa shape index (κ1) is 11.9. The molecule has 0 aromatic rings. The maximum atomic E-state index is 12.4. The molecule has 0 bridgehead atoms. The number of nitrogens with one attached hydrogen (secondary N) is 1. The average Bonchev–Trinajstić information content (AvgIpc) is 2.77. The fourth-order valence-corrected chi connectivity index (χ4v) is 2.97. The quantitative estimate of drug-likeness (QED) is 0.775.